The molecule has 0 aliphatic rings. The highest BCUT2D eigenvalue weighted by Gasteiger charge is 2.16. The van der Waals surface area contributed by atoms with E-state index in [1.165, 1.54) is 0 Å². The lowest BCUT2D eigenvalue weighted by molar-refractivity contribution is -0.120. The van der Waals surface area contributed by atoms with Crippen LogP contribution in [-0.2, 0) is 17.8 Å². The quantitative estimate of drug-likeness (QED) is 0.473. The maximum absolute atomic E-state index is 12.3. The molecule has 30 heavy (non-hydrogen) atoms. The molecule has 0 aliphatic heterocycles. The summed E-state index contributed by atoms with van der Waals surface area (Å²) in [7, 11) is 1.62. The van der Waals surface area contributed by atoms with Gasteiger partial charge in [-0.25, -0.2) is 0 Å². The molecule has 8 heteroatoms. The van der Waals surface area contributed by atoms with E-state index in [1.807, 2.05) is 40.4 Å². The molecule has 152 valence electrons. The van der Waals surface area contributed by atoms with Crippen LogP contribution in [0.3, 0.4) is 0 Å². The standard InChI is InChI=1S/C22H21N5O2S/c1-29-17-6-4-16(5-7-17)13-21(28)25-10-11-27-22(20-3-2-12-30-20)18(14-26-27)19-15-23-8-9-24-19/h2-9,12,14-15H,10-11,13H2,1H3,(H,25,28). The first kappa shape index (κ1) is 19.8. The van der Waals surface area contributed by atoms with Crippen molar-refractivity contribution in [2.75, 3.05) is 13.7 Å². The highest BCUT2D eigenvalue weighted by molar-refractivity contribution is 7.13. The number of benzene rings is 1. The summed E-state index contributed by atoms with van der Waals surface area (Å²) in [5.74, 6) is 0.747. The smallest absolute Gasteiger partial charge is 0.224 e. The van der Waals surface area contributed by atoms with Crippen LogP contribution >= 0.6 is 11.3 Å². The maximum atomic E-state index is 12.3. The number of ether oxygens (including phenoxy) is 1. The van der Waals surface area contributed by atoms with Crippen LogP contribution in [-0.4, -0.2) is 39.3 Å². The molecule has 0 saturated heterocycles. The fourth-order valence-corrected chi connectivity index (χ4v) is 3.93. The molecule has 1 N–H and O–H groups in total. The second-order valence-corrected chi connectivity index (χ2v) is 7.52. The molecule has 0 unspecified atom stereocenters. The number of methoxy groups -OCH3 is 1. The average molecular weight is 420 g/mol. The average Bonchev–Trinajstić information content (AvgIpc) is 3.44. The number of carbonyl (C=O) groups excluding carboxylic acids is 1. The summed E-state index contributed by atoms with van der Waals surface area (Å²) in [6.45, 7) is 1.04. The van der Waals surface area contributed by atoms with Gasteiger partial charge in [0.15, 0.2) is 0 Å². The number of nitrogens with one attached hydrogen (secondary N) is 1. The Morgan fingerprint density at radius 3 is 2.73 bits per heavy atom. The lowest BCUT2D eigenvalue weighted by atomic mass is 10.1. The van der Waals surface area contributed by atoms with E-state index in [4.69, 9.17) is 4.74 Å². The van der Waals surface area contributed by atoms with E-state index >= 15 is 0 Å². The van der Waals surface area contributed by atoms with Crippen molar-refractivity contribution in [2.45, 2.75) is 13.0 Å². The van der Waals surface area contributed by atoms with Crippen molar-refractivity contribution in [3.63, 3.8) is 0 Å². The molecule has 4 aromatic rings. The van der Waals surface area contributed by atoms with Crippen LogP contribution in [0.5, 0.6) is 5.75 Å². The molecule has 7 nitrogen and oxygen atoms in total. The molecular weight excluding hydrogens is 398 g/mol. The molecule has 1 amide bonds. The van der Waals surface area contributed by atoms with E-state index in [2.05, 4.69) is 26.4 Å². The zero-order chi connectivity index (χ0) is 20.8. The minimum absolute atomic E-state index is 0.0286. The van der Waals surface area contributed by atoms with Gasteiger partial charge in [-0.3, -0.25) is 19.4 Å². The summed E-state index contributed by atoms with van der Waals surface area (Å²) in [6, 6.07) is 11.6. The molecule has 4 rings (SSSR count). The second kappa shape index (κ2) is 9.32. The van der Waals surface area contributed by atoms with Crippen molar-refractivity contribution in [1.82, 2.24) is 25.1 Å². The van der Waals surface area contributed by atoms with Gasteiger partial charge in [0.1, 0.15) is 5.75 Å². The van der Waals surface area contributed by atoms with Crippen molar-refractivity contribution >= 4 is 17.2 Å². The van der Waals surface area contributed by atoms with Crippen molar-refractivity contribution < 1.29 is 9.53 Å². The Kier molecular flexibility index (Phi) is 6.14. The lowest BCUT2D eigenvalue weighted by Crippen LogP contribution is -2.29. The number of hydrogen-bond donors (Lipinski definition) is 1. The Balaban J connectivity index is 1.43. The van der Waals surface area contributed by atoms with Gasteiger partial charge in [-0.05, 0) is 29.1 Å². The first-order valence-corrected chi connectivity index (χ1v) is 10.4. The van der Waals surface area contributed by atoms with Crippen LogP contribution < -0.4 is 10.1 Å². The van der Waals surface area contributed by atoms with Gasteiger partial charge < -0.3 is 10.1 Å². The van der Waals surface area contributed by atoms with Gasteiger partial charge in [0.05, 0.1) is 48.7 Å². The summed E-state index contributed by atoms with van der Waals surface area (Å²) in [5.41, 5.74) is 3.62. The van der Waals surface area contributed by atoms with Gasteiger partial charge in [0, 0.05) is 24.5 Å². The molecule has 0 aliphatic carbocycles. The molecule has 0 bridgehead atoms. The van der Waals surface area contributed by atoms with Crippen molar-refractivity contribution in [1.29, 1.82) is 0 Å². The fraction of sp³-hybridized carbons (Fsp3) is 0.182. The first-order valence-electron chi connectivity index (χ1n) is 9.50. The number of amides is 1. The van der Waals surface area contributed by atoms with Crippen LogP contribution in [0.4, 0.5) is 0 Å². The summed E-state index contributed by atoms with van der Waals surface area (Å²) in [6.07, 6.45) is 7.18. The number of carbonyl (C=O) groups is 1. The number of thiophene rings is 1. The Morgan fingerprint density at radius 1 is 1.17 bits per heavy atom. The number of aromatic nitrogens is 4. The van der Waals surface area contributed by atoms with E-state index in [9.17, 15) is 4.79 Å². The zero-order valence-electron chi connectivity index (χ0n) is 16.5. The molecule has 0 atom stereocenters. The molecule has 0 saturated carbocycles. The Bertz CT molecular complexity index is 1090. The molecule has 0 spiro atoms. The third-order valence-electron chi connectivity index (χ3n) is 4.60. The normalized spacial score (nSPS) is 10.7. The Morgan fingerprint density at radius 2 is 2.03 bits per heavy atom. The minimum Gasteiger partial charge on any atom is -0.497 e. The van der Waals surface area contributed by atoms with Gasteiger partial charge in [0.2, 0.25) is 5.91 Å². The molecule has 1 aromatic carbocycles. The molecule has 3 heterocycles. The summed E-state index contributed by atoms with van der Waals surface area (Å²) < 4.78 is 7.05. The van der Waals surface area contributed by atoms with Crippen LogP contribution in [0.1, 0.15) is 5.56 Å². The molecule has 0 fully saturated rings. The molecule has 0 radical (unpaired) electrons. The van der Waals surface area contributed by atoms with Gasteiger partial charge in [0.25, 0.3) is 0 Å². The SMILES string of the molecule is COc1ccc(CC(=O)NCCn2ncc(-c3cnccn3)c2-c2cccs2)cc1. The first-order chi connectivity index (χ1) is 14.7. The summed E-state index contributed by atoms with van der Waals surface area (Å²) in [4.78, 5) is 22.0. The van der Waals surface area contributed by atoms with Gasteiger partial charge in [-0.2, -0.15) is 5.10 Å². The predicted molar refractivity (Wildman–Crippen MR) is 116 cm³/mol. The molecular formula is C22H21N5O2S. The topological polar surface area (TPSA) is 81.9 Å². The number of nitrogens with zero attached hydrogens (tertiary/aromatic N) is 4. The van der Waals surface area contributed by atoms with Crippen molar-refractivity contribution in [2.24, 2.45) is 0 Å². The molecule has 3 aromatic heterocycles. The third-order valence-corrected chi connectivity index (χ3v) is 5.48. The van der Waals surface area contributed by atoms with Crippen molar-refractivity contribution in [3.8, 4) is 27.6 Å². The zero-order valence-corrected chi connectivity index (χ0v) is 17.3. The van der Waals surface area contributed by atoms with Crippen LogP contribution in [0.2, 0.25) is 0 Å². The Labute approximate surface area is 178 Å². The lowest BCUT2D eigenvalue weighted by Gasteiger charge is -2.10. The third kappa shape index (κ3) is 4.55. The van der Waals surface area contributed by atoms with Crippen LogP contribution in [0, 0.1) is 0 Å². The summed E-state index contributed by atoms with van der Waals surface area (Å²) in [5, 5.41) is 9.54. The summed E-state index contributed by atoms with van der Waals surface area (Å²) >= 11 is 1.64. The number of rotatable bonds is 8. The van der Waals surface area contributed by atoms with E-state index < -0.39 is 0 Å². The van der Waals surface area contributed by atoms with Crippen molar-refractivity contribution in [3.05, 3.63) is 72.1 Å². The second-order valence-electron chi connectivity index (χ2n) is 6.57. The van der Waals surface area contributed by atoms with Crippen LogP contribution in [0.25, 0.3) is 21.8 Å². The van der Waals surface area contributed by atoms with Gasteiger partial charge in [-0.15, -0.1) is 11.3 Å². The predicted octanol–water partition coefficient (Wildman–Crippen LogP) is 3.44. The van der Waals surface area contributed by atoms with E-state index in [1.54, 1.807) is 43.2 Å². The van der Waals surface area contributed by atoms with Gasteiger partial charge in [-0.1, -0.05) is 18.2 Å². The van der Waals surface area contributed by atoms with Gasteiger partial charge >= 0.3 is 0 Å². The van der Waals surface area contributed by atoms with E-state index in [0.29, 0.717) is 19.5 Å². The monoisotopic (exact) mass is 419 g/mol. The van der Waals surface area contributed by atoms with E-state index in [-0.39, 0.29) is 5.91 Å². The number of hydrogen-bond acceptors (Lipinski definition) is 6. The fourth-order valence-electron chi connectivity index (χ4n) is 3.15. The minimum atomic E-state index is -0.0286. The highest BCUT2D eigenvalue weighted by atomic mass is 32.1. The van der Waals surface area contributed by atoms with Crippen LogP contribution in [0.15, 0.2) is 66.6 Å². The largest absolute Gasteiger partial charge is 0.497 e. The van der Waals surface area contributed by atoms with E-state index in [0.717, 1.165) is 33.1 Å². The highest BCUT2D eigenvalue weighted by Crippen LogP contribution is 2.33. The maximum Gasteiger partial charge on any atom is 0.224 e. The Hall–Kier alpha value is -3.52.